The Morgan fingerprint density at radius 3 is 2.88 bits per heavy atom. The molecule has 1 aromatic heterocycles. The molecule has 0 aromatic carbocycles. The van der Waals surface area contributed by atoms with Gasteiger partial charge in [0.05, 0.1) is 6.54 Å². The van der Waals surface area contributed by atoms with Gasteiger partial charge in [-0.25, -0.2) is 4.98 Å². The highest BCUT2D eigenvalue weighted by Gasteiger charge is 2.35. The van der Waals surface area contributed by atoms with Crippen LogP contribution in [0, 0.1) is 5.41 Å². The molecule has 0 bridgehead atoms. The van der Waals surface area contributed by atoms with E-state index in [2.05, 4.69) is 10.3 Å². The van der Waals surface area contributed by atoms with E-state index < -0.39 is 0 Å². The molecule has 1 heterocycles. The second kappa shape index (κ2) is 4.97. The van der Waals surface area contributed by atoms with Crippen molar-refractivity contribution < 1.29 is 5.11 Å². The molecule has 2 N–H and O–H groups in total. The van der Waals surface area contributed by atoms with Crippen LogP contribution in [0.2, 0.25) is 0 Å². The van der Waals surface area contributed by atoms with Crippen molar-refractivity contribution in [2.45, 2.75) is 32.2 Å². The van der Waals surface area contributed by atoms with Crippen molar-refractivity contribution in [3.63, 3.8) is 0 Å². The quantitative estimate of drug-likeness (QED) is 0.758. The molecule has 1 saturated carbocycles. The summed E-state index contributed by atoms with van der Waals surface area (Å²) in [5.74, 6) is 1.07. The van der Waals surface area contributed by atoms with E-state index in [0.717, 1.165) is 25.3 Å². The Kier molecular flexibility index (Phi) is 3.61. The standard InChI is InChI=1S/C12H21N3O/c1-15-7-6-14-11(15)9-13-10-12(5-8-16)3-2-4-12/h6-7,13,16H,2-5,8-10H2,1H3. The lowest BCUT2D eigenvalue weighted by Gasteiger charge is -2.42. The van der Waals surface area contributed by atoms with Crippen LogP contribution in [0.3, 0.4) is 0 Å². The van der Waals surface area contributed by atoms with Crippen LogP contribution in [-0.2, 0) is 13.6 Å². The lowest BCUT2D eigenvalue weighted by molar-refractivity contribution is 0.0857. The predicted molar refractivity (Wildman–Crippen MR) is 62.9 cm³/mol. The fraction of sp³-hybridized carbons (Fsp3) is 0.750. The first-order valence-corrected chi connectivity index (χ1v) is 6.04. The Hall–Kier alpha value is -0.870. The first kappa shape index (κ1) is 11.6. The number of hydrogen-bond donors (Lipinski definition) is 2. The van der Waals surface area contributed by atoms with Gasteiger partial charge in [0, 0.05) is 32.6 Å². The summed E-state index contributed by atoms with van der Waals surface area (Å²) in [7, 11) is 2.01. The van der Waals surface area contributed by atoms with E-state index in [9.17, 15) is 0 Å². The van der Waals surface area contributed by atoms with Crippen molar-refractivity contribution in [3.05, 3.63) is 18.2 Å². The van der Waals surface area contributed by atoms with Crippen molar-refractivity contribution in [1.82, 2.24) is 14.9 Å². The monoisotopic (exact) mass is 223 g/mol. The second-order valence-electron chi connectivity index (χ2n) is 4.89. The van der Waals surface area contributed by atoms with Crippen molar-refractivity contribution in [2.75, 3.05) is 13.2 Å². The zero-order chi connectivity index (χ0) is 11.4. The normalized spacial score (nSPS) is 18.4. The third-order valence-corrected chi connectivity index (χ3v) is 3.76. The number of aryl methyl sites for hydroxylation is 1. The fourth-order valence-electron chi connectivity index (χ4n) is 2.44. The lowest BCUT2D eigenvalue weighted by atomic mass is 9.67. The maximum Gasteiger partial charge on any atom is 0.122 e. The van der Waals surface area contributed by atoms with Gasteiger partial charge in [-0.3, -0.25) is 0 Å². The Morgan fingerprint density at radius 2 is 2.38 bits per heavy atom. The van der Waals surface area contributed by atoms with Gasteiger partial charge in [0.2, 0.25) is 0 Å². The van der Waals surface area contributed by atoms with Crippen LogP contribution in [0.1, 0.15) is 31.5 Å². The van der Waals surface area contributed by atoms with Gasteiger partial charge in [0.25, 0.3) is 0 Å². The second-order valence-corrected chi connectivity index (χ2v) is 4.89. The molecular formula is C12H21N3O. The minimum absolute atomic E-state index is 0.310. The number of rotatable bonds is 6. The van der Waals surface area contributed by atoms with Crippen LogP contribution in [0.15, 0.2) is 12.4 Å². The Morgan fingerprint density at radius 1 is 1.56 bits per heavy atom. The van der Waals surface area contributed by atoms with Gasteiger partial charge in [0.15, 0.2) is 0 Å². The Bertz CT molecular complexity index is 331. The molecule has 0 aliphatic heterocycles. The maximum absolute atomic E-state index is 9.05. The zero-order valence-corrected chi connectivity index (χ0v) is 9.95. The molecule has 0 saturated heterocycles. The van der Waals surface area contributed by atoms with Gasteiger partial charge in [-0.15, -0.1) is 0 Å². The fourth-order valence-corrected chi connectivity index (χ4v) is 2.44. The number of aliphatic hydroxyl groups is 1. The molecule has 4 heteroatoms. The van der Waals surface area contributed by atoms with Gasteiger partial charge >= 0.3 is 0 Å². The summed E-state index contributed by atoms with van der Waals surface area (Å²) in [4.78, 5) is 4.28. The molecule has 0 spiro atoms. The van der Waals surface area contributed by atoms with Crippen molar-refractivity contribution in [3.8, 4) is 0 Å². The van der Waals surface area contributed by atoms with Gasteiger partial charge in [-0.05, 0) is 24.7 Å². The molecule has 0 amide bonds. The molecule has 1 aromatic rings. The molecule has 90 valence electrons. The van der Waals surface area contributed by atoms with E-state index in [0.29, 0.717) is 12.0 Å². The van der Waals surface area contributed by atoms with Crippen LogP contribution in [-0.4, -0.2) is 27.8 Å². The molecule has 4 nitrogen and oxygen atoms in total. The number of hydrogen-bond acceptors (Lipinski definition) is 3. The van der Waals surface area contributed by atoms with E-state index >= 15 is 0 Å². The Labute approximate surface area is 96.7 Å². The van der Waals surface area contributed by atoms with E-state index in [1.165, 1.54) is 19.3 Å². The first-order chi connectivity index (χ1) is 7.76. The van der Waals surface area contributed by atoms with Crippen LogP contribution >= 0.6 is 0 Å². The third kappa shape index (κ3) is 2.44. The first-order valence-electron chi connectivity index (χ1n) is 6.04. The molecule has 1 aliphatic rings. The van der Waals surface area contributed by atoms with Crippen molar-refractivity contribution in [1.29, 1.82) is 0 Å². The molecule has 0 radical (unpaired) electrons. The average molecular weight is 223 g/mol. The number of nitrogens with zero attached hydrogens (tertiary/aromatic N) is 2. The number of aromatic nitrogens is 2. The van der Waals surface area contributed by atoms with Gasteiger partial charge in [-0.1, -0.05) is 6.42 Å². The SMILES string of the molecule is Cn1ccnc1CNCC1(CCO)CCC1. The minimum atomic E-state index is 0.310. The molecule has 16 heavy (non-hydrogen) atoms. The summed E-state index contributed by atoms with van der Waals surface area (Å²) in [6, 6.07) is 0. The highest BCUT2D eigenvalue weighted by Crippen LogP contribution is 2.43. The highest BCUT2D eigenvalue weighted by atomic mass is 16.3. The molecule has 1 aliphatic carbocycles. The number of aliphatic hydroxyl groups excluding tert-OH is 1. The van der Waals surface area contributed by atoms with Crippen LogP contribution < -0.4 is 5.32 Å². The summed E-state index contributed by atoms with van der Waals surface area (Å²) >= 11 is 0. The smallest absolute Gasteiger partial charge is 0.122 e. The third-order valence-electron chi connectivity index (χ3n) is 3.76. The van der Waals surface area contributed by atoms with Crippen LogP contribution in [0.4, 0.5) is 0 Å². The average Bonchev–Trinajstić information content (AvgIpc) is 2.61. The number of imidazole rings is 1. The molecule has 0 unspecified atom stereocenters. The Balaban J connectivity index is 1.77. The van der Waals surface area contributed by atoms with E-state index in [1.54, 1.807) is 0 Å². The highest BCUT2D eigenvalue weighted by molar-refractivity contribution is 4.93. The minimum Gasteiger partial charge on any atom is -0.396 e. The van der Waals surface area contributed by atoms with Crippen LogP contribution in [0.5, 0.6) is 0 Å². The van der Waals surface area contributed by atoms with Gasteiger partial charge in [0.1, 0.15) is 5.82 Å². The van der Waals surface area contributed by atoms with Gasteiger partial charge < -0.3 is 15.0 Å². The van der Waals surface area contributed by atoms with E-state index in [1.807, 2.05) is 24.0 Å². The molecule has 0 atom stereocenters. The molecule has 1 fully saturated rings. The maximum atomic E-state index is 9.05. The predicted octanol–water partition coefficient (Wildman–Crippen LogP) is 1.06. The van der Waals surface area contributed by atoms with E-state index in [4.69, 9.17) is 5.11 Å². The van der Waals surface area contributed by atoms with E-state index in [-0.39, 0.29) is 0 Å². The summed E-state index contributed by atoms with van der Waals surface area (Å²) in [6.45, 7) is 2.13. The molecular weight excluding hydrogens is 202 g/mol. The van der Waals surface area contributed by atoms with Crippen LogP contribution in [0.25, 0.3) is 0 Å². The summed E-state index contributed by atoms with van der Waals surface area (Å²) in [5.41, 5.74) is 0.361. The summed E-state index contributed by atoms with van der Waals surface area (Å²) in [6.07, 6.45) is 8.53. The zero-order valence-electron chi connectivity index (χ0n) is 9.95. The van der Waals surface area contributed by atoms with Crippen molar-refractivity contribution >= 4 is 0 Å². The topological polar surface area (TPSA) is 50.1 Å². The largest absolute Gasteiger partial charge is 0.396 e. The summed E-state index contributed by atoms with van der Waals surface area (Å²) < 4.78 is 2.03. The molecule has 2 rings (SSSR count). The number of nitrogens with one attached hydrogen (secondary N) is 1. The summed E-state index contributed by atoms with van der Waals surface area (Å²) in [5, 5.41) is 12.5. The lowest BCUT2D eigenvalue weighted by Crippen LogP contribution is -2.40. The van der Waals surface area contributed by atoms with Crippen molar-refractivity contribution in [2.24, 2.45) is 12.5 Å². The van der Waals surface area contributed by atoms with Gasteiger partial charge in [-0.2, -0.15) is 0 Å².